The highest BCUT2D eigenvalue weighted by molar-refractivity contribution is 7.80. The summed E-state index contributed by atoms with van der Waals surface area (Å²) in [4.78, 5) is 3.76. The van der Waals surface area contributed by atoms with Crippen LogP contribution < -0.4 is 10.1 Å². The molecule has 0 saturated heterocycles. The third kappa shape index (κ3) is 5.94. The lowest BCUT2D eigenvalue weighted by Gasteiger charge is -2.35. The van der Waals surface area contributed by atoms with E-state index in [2.05, 4.69) is 46.8 Å². The van der Waals surface area contributed by atoms with E-state index in [1.165, 1.54) is 42.5 Å². The summed E-state index contributed by atoms with van der Waals surface area (Å²) in [6.07, 6.45) is 7.45. The van der Waals surface area contributed by atoms with E-state index in [1.54, 1.807) is 7.11 Å². The van der Waals surface area contributed by atoms with Crippen molar-refractivity contribution in [3.63, 3.8) is 0 Å². The fourth-order valence-corrected chi connectivity index (χ4v) is 4.93. The van der Waals surface area contributed by atoms with E-state index in [4.69, 9.17) is 17.0 Å². The van der Waals surface area contributed by atoms with Gasteiger partial charge >= 0.3 is 0 Å². The van der Waals surface area contributed by atoms with E-state index in [0.717, 1.165) is 23.8 Å². The van der Waals surface area contributed by atoms with E-state index < -0.39 is 0 Å². The van der Waals surface area contributed by atoms with Crippen LogP contribution in [-0.4, -0.2) is 29.2 Å². The highest BCUT2D eigenvalue weighted by atomic mass is 32.1. The summed E-state index contributed by atoms with van der Waals surface area (Å²) in [7, 11) is 1.70. The maximum atomic E-state index is 5.87. The molecule has 146 valence electrons. The van der Waals surface area contributed by atoms with Gasteiger partial charge in [0.2, 0.25) is 0 Å². The van der Waals surface area contributed by atoms with Crippen molar-refractivity contribution in [2.24, 2.45) is 0 Å². The quantitative estimate of drug-likeness (QED) is 0.627. The fraction of sp³-hybridized carbons (Fsp3) is 0.500. The van der Waals surface area contributed by atoms with Crippen LogP contribution in [0.4, 0.5) is 0 Å². The van der Waals surface area contributed by atoms with Gasteiger partial charge in [0.1, 0.15) is 5.75 Å². The lowest BCUT2D eigenvalue weighted by atomic mass is 9.96. The summed E-state index contributed by atoms with van der Waals surface area (Å²) in [5, 5.41) is 6.70. The van der Waals surface area contributed by atoms with Crippen LogP contribution in [0.15, 0.2) is 41.8 Å². The molecule has 0 spiro atoms. The minimum absolute atomic E-state index is 0.342. The van der Waals surface area contributed by atoms with Gasteiger partial charge < -0.3 is 15.0 Å². The van der Waals surface area contributed by atoms with Crippen molar-refractivity contribution < 1.29 is 4.74 Å². The first kappa shape index (κ1) is 20.2. The largest absolute Gasteiger partial charge is 0.497 e. The van der Waals surface area contributed by atoms with Gasteiger partial charge in [0.05, 0.1) is 7.11 Å². The van der Waals surface area contributed by atoms with E-state index in [9.17, 15) is 0 Å². The van der Waals surface area contributed by atoms with Gasteiger partial charge in [0.15, 0.2) is 5.11 Å². The van der Waals surface area contributed by atoms with Gasteiger partial charge in [-0.05, 0) is 61.1 Å². The maximum absolute atomic E-state index is 5.87. The van der Waals surface area contributed by atoms with Crippen molar-refractivity contribution in [2.75, 3.05) is 7.11 Å². The summed E-state index contributed by atoms with van der Waals surface area (Å²) < 4.78 is 5.29. The first-order valence-electron chi connectivity index (χ1n) is 9.88. The summed E-state index contributed by atoms with van der Waals surface area (Å²) in [5.74, 6) is 0.889. The van der Waals surface area contributed by atoms with E-state index in [0.29, 0.717) is 12.1 Å². The number of benzene rings is 1. The maximum Gasteiger partial charge on any atom is 0.169 e. The first-order chi connectivity index (χ1) is 13.2. The van der Waals surface area contributed by atoms with Crippen molar-refractivity contribution >= 4 is 28.7 Å². The van der Waals surface area contributed by atoms with Crippen molar-refractivity contribution in [1.82, 2.24) is 10.2 Å². The predicted octanol–water partition coefficient (Wildman–Crippen LogP) is 5.40. The van der Waals surface area contributed by atoms with Crippen molar-refractivity contribution in [1.29, 1.82) is 0 Å². The normalized spacial score (nSPS) is 15.9. The third-order valence-electron chi connectivity index (χ3n) is 5.31. The zero-order chi connectivity index (χ0) is 19.1. The number of nitrogens with zero attached hydrogens (tertiary/aromatic N) is 1. The summed E-state index contributed by atoms with van der Waals surface area (Å²) in [6, 6.07) is 13.5. The zero-order valence-corrected chi connectivity index (χ0v) is 18.0. The summed E-state index contributed by atoms with van der Waals surface area (Å²) in [6.45, 7) is 3.09. The van der Waals surface area contributed by atoms with Gasteiger partial charge in [0, 0.05) is 29.9 Å². The molecule has 3 rings (SSSR count). The van der Waals surface area contributed by atoms with Crippen LogP contribution in [0.2, 0.25) is 0 Å². The summed E-state index contributed by atoms with van der Waals surface area (Å²) >= 11 is 7.69. The lowest BCUT2D eigenvalue weighted by Crippen LogP contribution is -2.48. The minimum atomic E-state index is 0.342. The molecule has 1 aromatic carbocycles. The number of ether oxygens (including phenoxy) is 1. The van der Waals surface area contributed by atoms with Gasteiger partial charge in [-0.1, -0.05) is 37.5 Å². The van der Waals surface area contributed by atoms with Gasteiger partial charge in [0.25, 0.3) is 0 Å². The Kier molecular flexibility index (Phi) is 7.53. The average molecular weight is 403 g/mol. The number of thiophene rings is 1. The zero-order valence-electron chi connectivity index (χ0n) is 16.3. The van der Waals surface area contributed by atoms with Crippen LogP contribution >= 0.6 is 23.6 Å². The number of methoxy groups -OCH3 is 1. The molecule has 27 heavy (non-hydrogen) atoms. The van der Waals surface area contributed by atoms with Crippen LogP contribution in [-0.2, 0) is 13.0 Å². The molecule has 2 aromatic rings. The highest BCUT2D eigenvalue weighted by Gasteiger charge is 2.22. The molecule has 1 N–H and O–H groups in total. The molecule has 0 aliphatic heterocycles. The molecule has 0 radical (unpaired) electrons. The molecule has 0 bridgehead atoms. The van der Waals surface area contributed by atoms with Gasteiger partial charge in [-0.2, -0.15) is 0 Å². The number of nitrogens with one attached hydrogen (secondary N) is 1. The molecule has 1 atom stereocenters. The Morgan fingerprint density at radius 1 is 1.22 bits per heavy atom. The predicted molar refractivity (Wildman–Crippen MR) is 119 cm³/mol. The molecule has 1 aliphatic rings. The minimum Gasteiger partial charge on any atom is -0.497 e. The Hall–Kier alpha value is -1.59. The average Bonchev–Trinajstić information content (AvgIpc) is 3.20. The topological polar surface area (TPSA) is 24.5 Å². The Balaban J connectivity index is 1.70. The Bertz CT molecular complexity index is 694. The second-order valence-electron chi connectivity index (χ2n) is 7.39. The van der Waals surface area contributed by atoms with Crippen LogP contribution in [0.25, 0.3) is 0 Å². The van der Waals surface area contributed by atoms with E-state index in [-0.39, 0.29) is 0 Å². The molecule has 0 unspecified atom stereocenters. The molecule has 1 heterocycles. The smallest absolute Gasteiger partial charge is 0.169 e. The SMILES string of the molecule is COc1ccc(CN(C(=S)NC2CCCCC2)[C@H](C)Cc2cccs2)cc1. The van der Waals surface area contributed by atoms with Crippen molar-refractivity contribution in [3.8, 4) is 5.75 Å². The third-order valence-corrected chi connectivity index (χ3v) is 6.57. The highest BCUT2D eigenvalue weighted by Crippen LogP contribution is 2.21. The summed E-state index contributed by atoms with van der Waals surface area (Å²) in [5.41, 5.74) is 1.25. The number of rotatable bonds is 7. The molecular formula is C22H30N2OS2. The first-order valence-corrected chi connectivity index (χ1v) is 11.2. The number of thiocarbonyl (C=S) groups is 1. The monoisotopic (exact) mass is 402 g/mol. The standard InChI is InChI=1S/C22H30N2OS2/c1-17(15-21-9-6-14-27-21)24(16-18-10-12-20(25-2)13-11-18)22(26)23-19-7-4-3-5-8-19/h6,9-14,17,19H,3-5,7-8,15-16H2,1-2H3,(H,23,26)/t17-/m1/s1. The lowest BCUT2D eigenvalue weighted by molar-refractivity contribution is 0.305. The Morgan fingerprint density at radius 3 is 2.59 bits per heavy atom. The van der Waals surface area contributed by atoms with Crippen molar-refractivity contribution in [2.45, 2.75) is 64.1 Å². The second kappa shape index (κ2) is 10.1. The fourth-order valence-electron chi connectivity index (χ4n) is 3.69. The molecule has 1 aromatic heterocycles. The van der Waals surface area contributed by atoms with Crippen molar-refractivity contribution in [3.05, 3.63) is 52.2 Å². The Labute approximate surface area is 172 Å². The van der Waals surface area contributed by atoms with Crippen LogP contribution in [0, 0.1) is 0 Å². The van der Waals surface area contributed by atoms with Crippen LogP contribution in [0.3, 0.4) is 0 Å². The second-order valence-corrected chi connectivity index (χ2v) is 8.81. The van der Waals surface area contributed by atoms with Gasteiger partial charge in [-0.3, -0.25) is 0 Å². The molecule has 5 heteroatoms. The molecule has 0 amide bonds. The van der Waals surface area contributed by atoms with Gasteiger partial charge in [-0.15, -0.1) is 11.3 Å². The molecule has 1 aliphatic carbocycles. The van der Waals surface area contributed by atoms with Crippen LogP contribution in [0.5, 0.6) is 5.75 Å². The Morgan fingerprint density at radius 2 is 1.96 bits per heavy atom. The number of hydrogen-bond donors (Lipinski definition) is 1. The van der Waals surface area contributed by atoms with E-state index >= 15 is 0 Å². The molecular weight excluding hydrogens is 372 g/mol. The van der Waals surface area contributed by atoms with Gasteiger partial charge in [-0.25, -0.2) is 0 Å². The number of hydrogen-bond acceptors (Lipinski definition) is 3. The molecule has 1 saturated carbocycles. The molecule has 3 nitrogen and oxygen atoms in total. The van der Waals surface area contributed by atoms with E-state index in [1.807, 2.05) is 23.5 Å². The molecule has 1 fully saturated rings. The van der Waals surface area contributed by atoms with Crippen LogP contribution in [0.1, 0.15) is 49.5 Å².